The van der Waals surface area contributed by atoms with E-state index in [4.69, 9.17) is 5.21 Å². The average Bonchev–Trinajstić information content (AvgIpc) is 2.24. The van der Waals surface area contributed by atoms with Gasteiger partial charge in [-0.2, -0.15) is 0 Å². The Bertz CT molecular complexity index is 352. The van der Waals surface area contributed by atoms with Gasteiger partial charge in [-0.3, -0.25) is 0 Å². The number of hydrogen-bond acceptors (Lipinski definition) is 2. The number of benzene rings is 1. The fourth-order valence-electron chi connectivity index (χ4n) is 2.36. The van der Waals surface area contributed by atoms with E-state index in [1.165, 1.54) is 12.0 Å². The van der Waals surface area contributed by atoms with Gasteiger partial charge in [0.1, 0.15) is 0 Å². The minimum absolute atomic E-state index is 0.135. The molecule has 0 unspecified atom stereocenters. The first-order chi connectivity index (χ1) is 7.27. The van der Waals surface area contributed by atoms with Crippen molar-refractivity contribution >= 4 is 5.71 Å². The molecule has 0 aliphatic heterocycles. The Morgan fingerprint density at radius 3 is 2.47 bits per heavy atom. The van der Waals surface area contributed by atoms with Crippen molar-refractivity contribution < 1.29 is 5.21 Å². The van der Waals surface area contributed by atoms with Crippen molar-refractivity contribution in [2.75, 3.05) is 0 Å². The Morgan fingerprint density at radius 1 is 1.33 bits per heavy atom. The minimum atomic E-state index is 0.135. The molecule has 0 heterocycles. The highest BCUT2D eigenvalue weighted by Crippen LogP contribution is 2.44. The zero-order valence-electron chi connectivity index (χ0n) is 9.11. The maximum absolute atomic E-state index is 8.90. The first kappa shape index (κ1) is 10.2. The Morgan fingerprint density at radius 2 is 2.00 bits per heavy atom. The van der Waals surface area contributed by atoms with Gasteiger partial charge in [-0.25, -0.2) is 0 Å². The number of rotatable bonds is 3. The topological polar surface area (TPSA) is 32.6 Å². The van der Waals surface area contributed by atoms with E-state index < -0.39 is 0 Å². The van der Waals surface area contributed by atoms with Gasteiger partial charge in [0.05, 0.1) is 5.71 Å². The molecule has 1 N–H and O–H groups in total. The second-order valence-corrected chi connectivity index (χ2v) is 4.48. The fraction of sp³-hybridized carbons (Fsp3) is 0.462. The van der Waals surface area contributed by atoms with Gasteiger partial charge in [-0.1, -0.05) is 41.9 Å². The molecule has 1 aromatic rings. The summed E-state index contributed by atoms with van der Waals surface area (Å²) in [4.78, 5) is 0. The maximum Gasteiger partial charge on any atom is 0.0604 e. The summed E-state index contributed by atoms with van der Waals surface area (Å²) >= 11 is 0. The zero-order chi connectivity index (χ0) is 10.7. The Hall–Kier alpha value is -1.31. The normalized spacial score (nSPS) is 19.7. The molecule has 1 fully saturated rings. The highest BCUT2D eigenvalue weighted by atomic mass is 16.4. The van der Waals surface area contributed by atoms with Gasteiger partial charge < -0.3 is 5.21 Å². The highest BCUT2D eigenvalue weighted by molar-refractivity contribution is 5.88. The van der Waals surface area contributed by atoms with E-state index >= 15 is 0 Å². The van der Waals surface area contributed by atoms with Crippen LogP contribution in [0.15, 0.2) is 35.5 Å². The third kappa shape index (κ3) is 1.89. The molecule has 1 aliphatic carbocycles. The number of nitrogens with zero attached hydrogens (tertiary/aromatic N) is 1. The predicted molar refractivity (Wildman–Crippen MR) is 61.3 cm³/mol. The third-order valence-electron chi connectivity index (χ3n) is 3.61. The van der Waals surface area contributed by atoms with Crippen LogP contribution in [0.4, 0.5) is 0 Å². The molecule has 1 aromatic carbocycles. The van der Waals surface area contributed by atoms with E-state index in [1.54, 1.807) is 0 Å². The highest BCUT2D eigenvalue weighted by Gasteiger charge is 2.40. The molecule has 0 atom stereocenters. The van der Waals surface area contributed by atoms with Crippen LogP contribution in [0, 0.1) is 5.41 Å². The van der Waals surface area contributed by atoms with Crippen LogP contribution in [-0.4, -0.2) is 10.9 Å². The van der Waals surface area contributed by atoms with Crippen molar-refractivity contribution in [1.29, 1.82) is 0 Å². The van der Waals surface area contributed by atoms with Gasteiger partial charge in [0.15, 0.2) is 0 Å². The van der Waals surface area contributed by atoms with Gasteiger partial charge in [0.2, 0.25) is 0 Å². The predicted octanol–water partition coefficient (Wildman–Crippen LogP) is 3.25. The lowest BCUT2D eigenvalue weighted by Gasteiger charge is -2.41. The summed E-state index contributed by atoms with van der Waals surface area (Å²) in [5, 5.41) is 12.3. The van der Waals surface area contributed by atoms with Crippen LogP contribution in [0.3, 0.4) is 0 Å². The molecule has 15 heavy (non-hydrogen) atoms. The summed E-state index contributed by atoms with van der Waals surface area (Å²) in [7, 11) is 0. The van der Waals surface area contributed by atoms with Gasteiger partial charge in [0.25, 0.3) is 0 Å². The lowest BCUT2D eigenvalue weighted by Crippen LogP contribution is -2.38. The van der Waals surface area contributed by atoms with Crippen LogP contribution in [-0.2, 0) is 6.42 Å². The largest absolute Gasteiger partial charge is 0.411 e. The van der Waals surface area contributed by atoms with Crippen LogP contribution >= 0.6 is 0 Å². The molecule has 2 rings (SSSR count). The monoisotopic (exact) mass is 203 g/mol. The molecule has 0 radical (unpaired) electrons. The number of hydrogen-bond donors (Lipinski definition) is 1. The summed E-state index contributed by atoms with van der Waals surface area (Å²) in [5.74, 6) is 0. The van der Waals surface area contributed by atoms with Gasteiger partial charge in [-0.15, -0.1) is 0 Å². The first-order valence-corrected chi connectivity index (χ1v) is 5.50. The van der Waals surface area contributed by atoms with E-state index in [9.17, 15) is 0 Å². The number of oxime groups is 1. The molecule has 2 nitrogen and oxygen atoms in total. The lowest BCUT2D eigenvalue weighted by atomic mass is 9.63. The molecular formula is C13H17NO. The summed E-state index contributed by atoms with van der Waals surface area (Å²) in [6.45, 7) is 1.93. The quantitative estimate of drug-likeness (QED) is 0.456. The smallest absolute Gasteiger partial charge is 0.0604 e. The van der Waals surface area contributed by atoms with Gasteiger partial charge >= 0.3 is 0 Å². The van der Waals surface area contributed by atoms with E-state index in [2.05, 4.69) is 29.4 Å². The van der Waals surface area contributed by atoms with E-state index in [1.807, 2.05) is 13.0 Å². The Labute approximate surface area is 90.6 Å². The molecule has 0 saturated heterocycles. The van der Waals surface area contributed by atoms with E-state index in [0.717, 1.165) is 25.0 Å². The lowest BCUT2D eigenvalue weighted by molar-refractivity contribution is 0.215. The van der Waals surface area contributed by atoms with Crippen LogP contribution in [0.5, 0.6) is 0 Å². The van der Waals surface area contributed by atoms with Crippen molar-refractivity contribution in [3.05, 3.63) is 35.9 Å². The summed E-state index contributed by atoms with van der Waals surface area (Å²) in [6, 6.07) is 10.4. The minimum Gasteiger partial charge on any atom is -0.411 e. The van der Waals surface area contributed by atoms with Crippen LogP contribution in [0.25, 0.3) is 0 Å². The maximum atomic E-state index is 8.90. The standard InChI is InChI=1S/C13H17NO/c1-11(14-15)13(8-5-9-13)10-12-6-3-2-4-7-12/h2-4,6-7,15H,5,8-10H2,1H3/b14-11-. The second-order valence-electron chi connectivity index (χ2n) is 4.48. The van der Waals surface area contributed by atoms with Gasteiger partial charge in [-0.05, 0) is 31.7 Å². The molecule has 80 valence electrons. The molecule has 0 bridgehead atoms. The van der Waals surface area contributed by atoms with Crippen molar-refractivity contribution in [2.45, 2.75) is 32.6 Å². The molecule has 0 aromatic heterocycles. The fourth-order valence-corrected chi connectivity index (χ4v) is 2.36. The van der Waals surface area contributed by atoms with Crippen LogP contribution in [0.2, 0.25) is 0 Å². The Kier molecular flexibility index (Phi) is 2.76. The molecule has 1 aliphatic rings. The van der Waals surface area contributed by atoms with Crippen molar-refractivity contribution in [3.8, 4) is 0 Å². The van der Waals surface area contributed by atoms with Crippen molar-refractivity contribution in [2.24, 2.45) is 10.6 Å². The third-order valence-corrected chi connectivity index (χ3v) is 3.61. The molecule has 2 heteroatoms. The molecular weight excluding hydrogens is 186 g/mol. The summed E-state index contributed by atoms with van der Waals surface area (Å²) < 4.78 is 0. The van der Waals surface area contributed by atoms with Crippen molar-refractivity contribution in [1.82, 2.24) is 0 Å². The average molecular weight is 203 g/mol. The van der Waals surface area contributed by atoms with Crippen molar-refractivity contribution in [3.63, 3.8) is 0 Å². The molecule has 0 amide bonds. The van der Waals surface area contributed by atoms with Gasteiger partial charge in [0, 0.05) is 5.41 Å². The van der Waals surface area contributed by atoms with Crippen LogP contribution in [0.1, 0.15) is 31.7 Å². The second kappa shape index (κ2) is 4.05. The zero-order valence-corrected chi connectivity index (χ0v) is 9.11. The molecule has 0 spiro atoms. The summed E-state index contributed by atoms with van der Waals surface area (Å²) in [5.41, 5.74) is 2.36. The molecule has 1 saturated carbocycles. The Balaban J connectivity index is 2.16. The summed E-state index contributed by atoms with van der Waals surface area (Å²) in [6.07, 6.45) is 4.55. The SMILES string of the molecule is C/C(=N/O)C1(Cc2ccccc2)CCC1. The van der Waals surface area contributed by atoms with E-state index in [0.29, 0.717) is 0 Å². The first-order valence-electron chi connectivity index (χ1n) is 5.50. The van der Waals surface area contributed by atoms with Crippen LogP contribution < -0.4 is 0 Å². The van der Waals surface area contributed by atoms with E-state index in [-0.39, 0.29) is 5.41 Å².